The average molecular weight is 677 g/mol. The van der Waals surface area contributed by atoms with E-state index in [0.717, 1.165) is 17.7 Å². The second-order valence-corrected chi connectivity index (χ2v) is 11.7. The Balaban J connectivity index is 1.11. The van der Waals surface area contributed by atoms with Gasteiger partial charge in [0.25, 0.3) is 5.91 Å². The van der Waals surface area contributed by atoms with E-state index in [4.69, 9.17) is 4.74 Å². The molecule has 0 atom stereocenters. The van der Waals surface area contributed by atoms with Gasteiger partial charge in [0, 0.05) is 29.7 Å². The van der Waals surface area contributed by atoms with Crippen molar-refractivity contribution in [3.63, 3.8) is 0 Å². The molecule has 0 unspecified atom stereocenters. The Hall–Kier alpha value is -5.41. The zero-order valence-corrected chi connectivity index (χ0v) is 26.3. The SMILES string of the molecule is O=C(O)C(=O)N(Cc1ccc(Oc2ccccc2)cc1)Cc1ccc(C(=O)NN2CCc3cc2ccc3-c2ccccc2)cc1Br. The summed E-state index contributed by atoms with van der Waals surface area (Å²) < 4.78 is 6.42. The number of carboxylic acid groups (broad SMARTS) is 1. The summed E-state index contributed by atoms with van der Waals surface area (Å²) in [7, 11) is 0. The van der Waals surface area contributed by atoms with Gasteiger partial charge in [-0.2, -0.15) is 0 Å². The maximum atomic E-state index is 13.2. The number of hydrazine groups is 1. The van der Waals surface area contributed by atoms with E-state index in [2.05, 4.69) is 45.6 Å². The van der Waals surface area contributed by atoms with Gasteiger partial charge in [0.2, 0.25) is 0 Å². The molecule has 46 heavy (non-hydrogen) atoms. The Labute approximate surface area is 275 Å². The van der Waals surface area contributed by atoms with Crippen molar-refractivity contribution in [2.75, 3.05) is 11.6 Å². The van der Waals surface area contributed by atoms with E-state index < -0.39 is 11.9 Å². The highest BCUT2D eigenvalue weighted by Gasteiger charge is 2.24. The van der Waals surface area contributed by atoms with Crippen LogP contribution in [0, 0.1) is 0 Å². The van der Waals surface area contributed by atoms with Gasteiger partial charge in [-0.25, -0.2) is 4.79 Å². The van der Waals surface area contributed by atoms with Crippen molar-refractivity contribution in [2.24, 2.45) is 0 Å². The summed E-state index contributed by atoms with van der Waals surface area (Å²) in [5, 5.41) is 11.3. The normalized spacial score (nSPS) is 11.9. The number of amides is 2. The van der Waals surface area contributed by atoms with E-state index in [-0.39, 0.29) is 19.0 Å². The zero-order chi connectivity index (χ0) is 32.0. The second-order valence-electron chi connectivity index (χ2n) is 10.9. The van der Waals surface area contributed by atoms with Crippen LogP contribution in [0.25, 0.3) is 11.1 Å². The molecule has 2 N–H and O–H groups in total. The lowest BCUT2D eigenvalue weighted by molar-refractivity contribution is -0.156. The van der Waals surface area contributed by atoms with Gasteiger partial charge < -0.3 is 14.7 Å². The standard InChI is InChI=1S/C37H30BrN3O5/c38-34-22-28(35(42)39-41-20-19-27-21-30(41)15-18-33(27)26-7-3-1-4-8-26)13-14-29(34)24-40(36(43)37(44)45)23-25-11-16-32(17-12-25)46-31-9-5-2-6-10-31/h1-18,21-22H,19-20,23-24H2,(H,39,42)(H,44,45). The largest absolute Gasteiger partial charge is 0.474 e. The first-order valence-corrected chi connectivity index (χ1v) is 15.5. The number of benzene rings is 5. The number of aliphatic carboxylic acids is 1. The molecule has 1 aliphatic heterocycles. The van der Waals surface area contributed by atoms with Gasteiger partial charge in [-0.15, -0.1) is 0 Å². The van der Waals surface area contributed by atoms with Crippen LogP contribution in [0.2, 0.25) is 0 Å². The van der Waals surface area contributed by atoms with Crippen LogP contribution in [-0.2, 0) is 29.1 Å². The molecule has 5 aromatic rings. The molecule has 9 heteroatoms. The van der Waals surface area contributed by atoms with Gasteiger partial charge in [-0.05, 0) is 82.8 Å². The Morgan fingerprint density at radius 3 is 2.20 bits per heavy atom. The van der Waals surface area contributed by atoms with Gasteiger partial charge in [0.1, 0.15) is 11.5 Å². The van der Waals surface area contributed by atoms with Crippen LogP contribution in [-0.4, -0.2) is 34.3 Å². The lowest BCUT2D eigenvalue weighted by atomic mass is 9.95. The van der Waals surface area contributed by atoms with Crippen LogP contribution in [0.4, 0.5) is 5.69 Å². The summed E-state index contributed by atoms with van der Waals surface area (Å²) in [5.74, 6) is -1.53. The minimum atomic E-state index is -1.54. The van der Waals surface area contributed by atoms with Crippen molar-refractivity contribution >= 4 is 39.4 Å². The number of nitrogens with zero attached hydrogens (tertiary/aromatic N) is 2. The van der Waals surface area contributed by atoms with E-state index in [9.17, 15) is 19.5 Å². The summed E-state index contributed by atoms with van der Waals surface area (Å²) in [4.78, 5) is 38.8. The molecule has 2 bridgehead atoms. The summed E-state index contributed by atoms with van der Waals surface area (Å²) >= 11 is 3.53. The Kier molecular flexibility index (Phi) is 9.12. The molecule has 0 spiro atoms. The minimum absolute atomic E-state index is 0.0263. The van der Waals surface area contributed by atoms with E-state index in [1.165, 1.54) is 21.6 Å². The predicted molar refractivity (Wildman–Crippen MR) is 179 cm³/mol. The van der Waals surface area contributed by atoms with E-state index in [1.807, 2.05) is 59.6 Å². The molecule has 2 amide bonds. The van der Waals surface area contributed by atoms with Gasteiger partial charge in [-0.1, -0.05) is 88.7 Å². The number of ether oxygens (including phenoxy) is 1. The summed E-state index contributed by atoms with van der Waals surface area (Å²) in [6.07, 6.45) is 0.789. The maximum absolute atomic E-state index is 13.2. The van der Waals surface area contributed by atoms with E-state index >= 15 is 0 Å². The maximum Gasteiger partial charge on any atom is 0.394 e. The van der Waals surface area contributed by atoms with Crippen molar-refractivity contribution in [1.82, 2.24) is 10.3 Å². The summed E-state index contributed by atoms with van der Waals surface area (Å²) in [6.45, 7) is 0.739. The minimum Gasteiger partial charge on any atom is -0.474 e. The molecular weight excluding hydrogens is 646 g/mol. The predicted octanol–water partition coefficient (Wildman–Crippen LogP) is 7.23. The number of anilines is 1. The number of para-hydroxylation sites is 1. The first-order valence-electron chi connectivity index (χ1n) is 14.7. The van der Waals surface area contributed by atoms with Gasteiger partial charge >= 0.3 is 11.9 Å². The Morgan fingerprint density at radius 1 is 0.804 bits per heavy atom. The number of rotatable bonds is 9. The van der Waals surface area contributed by atoms with E-state index in [1.54, 1.807) is 42.5 Å². The lowest BCUT2D eigenvalue weighted by Gasteiger charge is -2.30. The lowest BCUT2D eigenvalue weighted by Crippen LogP contribution is -2.45. The number of carbonyl (C=O) groups is 3. The number of carboxylic acids is 1. The van der Waals surface area contributed by atoms with Crippen molar-refractivity contribution in [3.8, 4) is 22.6 Å². The van der Waals surface area contributed by atoms with Crippen LogP contribution in [0.5, 0.6) is 11.5 Å². The van der Waals surface area contributed by atoms with Gasteiger partial charge in [0.15, 0.2) is 0 Å². The molecule has 0 aliphatic carbocycles. The molecule has 0 radical (unpaired) electrons. The molecule has 0 saturated heterocycles. The fraction of sp³-hybridized carbons (Fsp3) is 0.108. The van der Waals surface area contributed by atoms with Crippen molar-refractivity contribution in [2.45, 2.75) is 19.5 Å². The van der Waals surface area contributed by atoms with Gasteiger partial charge in [-0.3, -0.25) is 20.0 Å². The number of nitrogens with one attached hydrogen (secondary N) is 1. The number of hydrogen-bond donors (Lipinski definition) is 2. The quantitative estimate of drug-likeness (QED) is 0.160. The van der Waals surface area contributed by atoms with Crippen molar-refractivity contribution in [3.05, 3.63) is 148 Å². The molecule has 6 rings (SSSR count). The molecule has 230 valence electrons. The first kappa shape index (κ1) is 30.6. The van der Waals surface area contributed by atoms with Crippen LogP contribution < -0.4 is 15.2 Å². The smallest absolute Gasteiger partial charge is 0.394 e. The monoisotopic (exact) mass is 675 g/mol. The Morgan fingerprint density at radius 2 is 1.50 bits per heavy atom. The molecule has 1 heterocycles. The van der Waals surface area contributed by atoms with Crippen molar-refractivity contribution < 1.29 is 24.2 Å². The zero-order valence-electron chi connectivity index (χ0n) is 24.7. The van der Waals surface area contributed by atoms with Gasteiger partial charge in [0.05, 0.1) is 5.69 Å². The van der Waals surface area contributed by atoms with E-state index in [0.29, 0.717) is 33.6 Å². The van der Waals surface area contributed by atoms with Crippen molar-refractivity contribution in [1.29, 1.82) is 0 Å². The highest BCUT2D eigenvalue weighted by atomic mass is 79.9. The fourth-order valence-electron chi connectivity index (χ4n) is 5.39. The topological polar surface area (TPSA) is 99.2 Å². The summed E-state index contributed by atoms with van der Waals surface area (Å²) in [6, 6.07) is 38.0. The molecule has 0 fully saturated rings. The molecular formula is C37H30BrN3O5. The molecule has 0 aromatic heterocycles. The number of halogens is 1. The molecule has 0 saturated carbocycles. The third-order valence-corrected chi connectivity index (χ3v) is 8.49. The fourth-order valence-corrected chi connectivity index (χ4v) is 5.89. The highest BCUT2D eigenvalue weighted by molar-refractivity contribution is 9.10. The average Bonchev–Trinajstić information content (AvgIpc) is 3.08. The van der Waals surface area contributed by atoms with Crippen LogP contribution in [0.3, 0.4) is 0 Å². The van der Waals surface area contributed by atoms with Crippen LogP contribution >= 0.6 is 15.9 Å². The number of fused-ring (bicyclic) bond motifs is 2. The molecule has 5 aromatic carbocycles. The third kappa shape index (κ3) is 7.11. The number of carbonyl (C=O) groups excluding carboxylic acids is 2. The summed E-state index contributed by atoms with van der Waals surface area (Å²) in [5.41, 5.74) is 9.33. The molecule has 8 nitrogen and oxygen atoms in total. The highest BCUT2D eigenvalue weighted by Crippen LogP contribution is 2.31. The van der Waals surface area contributed by atoms with Crippen LogP contribution in [0.15, 0.2) is 126 Å². The molecule has 1 aliphatic rings. The first-order chi connectivity index (χ1) is 22.3. The Bertz CT molecular complexity index is 1880. The van der Waals surface area contributed by atoms with Crippen LogP contribution in [0.1, 0.15) is 27.0 Å². The third-order valence-electron chi connectivity index (χ3n) is 7.75. The number of hydrogen-bond acceptors (Lipinski definition) is 5. The second kappa shape index (κ2) is 13.7.